The van der Waals surface area contributed by atoms with Crippen molar-refractivity contribution in [3.05, 3.63) is 33.8 Å². The van der Waals surface area contributed by atoms with Gasteiger partial charge in [0.15, 0.2) is 0 Å². The van der Waals surface area contributed by atoms with E-state index in [-0.39, 0.29) is 4.47 Å². The van der Waals surface area contributed by atoms with E-state index < -0.39 is 27.8 Å². The highest BCUT2D eigenvalue weighted by atomic mass is 79.9. The first-order valence-electron chi connectivity index (χ1n) is 5.34. The van der Waals surface area contributed by atoms with Gasteiger partial charge in [-0.3, -0.25) is 0 Å². The lowest BCUT2D eigenvalue weighted by molar-refractivity contribution is -0.137. The van der Waals surface area contributed by atoms with Crippen LogP contribution in [0.1, 0.15) is 31.9 Å². The van der Waals surface area contributed by atoms with E-state index in [1.54, 1.807) is 20.8 Å². The molecule has 1 rings (SSSR count). The zero-order valence-electron chi connectivity index (χ0n) is 10.6. The zero-order chi connectivity index (χ0) is 14.8. The van der Waals surface area contributed by atoms with Gasteiger partial charge in [-0.25, -0.2) is 0 Å². The van der Waals surface area contributed by atoms with Gasteiger partial charge in [0, 0.05) is 10.0 Å². The number of hydrogen-bond acceptors (Lipinski definition) is 2. The van der Waals surface area contributed by atoms with Gasteiger partial charge in [0.1, 0.15) is 16.1 Å². The molecule has 0 aliphatic heterocycles. The molecule has 0 spiro atoms. The van der Waals surface area contributed by atoms with E-state index in [1.165, 1.54) is 12.3 Å². The number of nitrogens with zero attached hydrogens (tertiary/aromatic N) is 1. The Balaban J connectivity index is 2.96. The fourth-order valence-corrected chi connectivity index (χ4v) is 2.08. The Kier molecular flexibility index (Phi) is 5.08. The third kappa shape index (κ3) is 4.81. The highest BCUT2D eigenvalue weighted by molar-refractivity contribution is 9.10. The fraction of sp³-hybridized carbons (Fsp3) is 0.417. The van der Waals surface area contributed by atoms with E-state index in [2.05, 4.69) is 20.3 Å². The minimum absolute atomic E-state index is 0.261. The van der Waals surface area contributed by atoms with E-state index in [4.69, 9.17) is 0 Å². The van der Waals surface area contributed by atoms with Gasteiger partial charge < -0.3 is 4.55 Å². The maximum Gasteiger partial charge on any atom is 0.416 e. The molecule has 0 aliphatic carbocycles. The van der Waals surface area contributed by atoms with Crippen molar-refractivity contribution in [3.63, 3.8) is 0 Å². The largest absolute Gasteiger partial charge is 0.591 e. The Bertz CT molecular complexity index is 483. The SMILES string of the molecule is CC(C)(C)[S@@+]([O-])/N=C\c1ccc(C(F)(F)F)cc1Br. The molecular formula is C12H13BrF3NOS. The van der Waals surface area contributed by atoms with Crippen LogP contribution >= 0.6 is 15.9 Å². The van der Waals surface area contributed by atoms with Gasteiger partial charge in [0.05, 0.1) is 11.8 Å². The predicted octanol–water partition coefficient (Wildman–Crippen LogP) is 4.35. The Labute approximate surface area is 121 Å². The lowest BCUT2D eigenvalue weighted by atomic mass is 10.1. The van der Waals surface area contributed by atoms with Gasteiger partial charge in [-0.2, -0.15) is 13.2 Å². The van der Waals surface area contributed by atoms with Crippen LogP contribution in [0.2, 0.25) is 0 Å². The lowest BCUT2D eigenvalue weighted by Gasteiger charge is -2.17. The second-order valence-electron chi connectivity index (χ2n) is 4.83. The van der Waals surface area contributed by atoms with Crippen molar-refractivity contribution in [1.82, 2.24) is 0 Å². The van der Waals surface area contributed by atoms with Crippen molar-refractivity contribution >= 4 is 33.5 Å². The molecule has 0 aliphatic rings. The third-order valence-corrected chi connectivity index (χ3v) is 4.17. The highest BCUT2D eigenvalue weighted by Crippen LogP contribution is 2.32. The van der Waals surface area contributed by atoms with E-state index >= 15 is 0 Å². The van der Waals surface area contributed by atoms with Crippen LogP contribution in [0.25, 0.3) is 0 Å². The summed E-state index contributed by atoms with van der Waals surface area (Å²) in [7, 11) is 0. The standard InChI is InChI=1S/C12H13BrF3NOS/c1-11(2,3)19(18)17-7-8-4-5-9(6-10(8)13)12(14,15)16/h4-7H,1-3H3/b17-7-/t19-/m1/s1. The van der Waals surface area contributed by atoms with Crippen molar-refractivity contribution in [2.75, 3.05) is 0 Å². The fourth-order valence-electron chi connectivity index (χ4n) is 1.07. The Hall–Kier alpha value is -0.530. The molecule has 2 nitrogen and oxygen atoms in total. The summed E-state index contributed by atoms with van der Waals surface area (Å²) in [5.41, 5.74) is -0.293. The van der Waals surface area contributed by atoms with Crippen molar-refractivity contribution in [1.29, 1.82) is 0 Å². The molecule has 106 valence electrons. The highest BCUT2D eigenvalue weighted by Gasteiger charge is 2.31. The average molecular weight is 356 g/mol. The van der Waals surface area contributed by atoms with Crippen molar-refractivity contribution in [2.24, 2.45) is 4.40 Å². The number of benzene rings is 1. The molecular weight excluding hydrogens is 343 g/mol. The molecule has 0 aromatic heterocycles. The van der Waals surface area contributed by atoms with Gasteiger partial charge in [0.25, 0.3) is 0 Å². The Morgan fingerprint density at radius 1 is 1.26 bits per heavy atom. The maximum atomic E-state index is 12.5. The summed E-state index contributed by atoms with van der Waals surface area (Å²) in [5, 5.41) is 0. The smallest absolute Gasteiger partial charge is 0.416 e. The van der Waals surface area contributed by atoms with Gasteiger partial charge in [-0.05, 0) is 32.9 Å². The van der Waals surface area contributed by atoms with E-state index in [0.717, 1.165) is 12.1 Å². The average Bonchev–Trinajstić information content (AvgIpc) is 2.24. The summed E-state index contributed by atoms with van der Waals surface area (Å²) in [6.07, 6.45) is -3.07. The molecule has 0 radical (unpaired) electrons. The molecule has 0 heterocycles. The number of hydrogen-bond donors (Lipinski definition) is 0. The molecule has 0 fully saturated rings. The first kappa shape index (κ1) is 16.5. The van der Waals surface area contributed by atoms with E-state index in [9.17, 15) is 17.7 Å². The van der Waals surface area contributed by atoms with Gasteiger partial charge >= 0.3 is 6.18 Å². The summed E-state index contributed by atoms with van der Waals surface area (Å²) < 4.78 is 52.7. The second-order valence-corrected chi connectivity index (χ2v) is 7.62. The third-order valence-electron chi connectivity index (χ3n) is 2.14. The lowest BCUT2D eigenvalue weighted by Crippen LogP contribution is -2.25. The normalized spacial score (nSPS) is 14.9. The predicted molar refractivity (Wildman–Crippen MR) is 74.6 cm³/mol. The topological polar surface area (TPSA) is 35.4 Å². The van der Waals surface area contributed by atoms with Crippen LogP contribution in [0.3, 0.4) is 0 Å². The second kappa shape index (κ2) is 5.85. The van der Waals surface area contributed by atoms with Gasteiger partial charge in [-0.1, -0.05) is 26.4 Å². The van der Waals surface area contributed by atoms with E-state index in [0.29, 0.717) is 5.56 Å². The molecule has 1 aromatic rings. The molecule has 0 N–H and O–H groups in total. The Morgan fingerprint density at radius 2 is 1.84 bits per heavy atom. The minimum Gasteiger partial charge on any atom is -0.591 e. The monoisotopic (exact) mass is 355 g/mol. The first-order valence-corrected chi connectivity index (χ1v) is 7.24. The van der Waals surface area contributed by atoms with Crippen molar-refractivity contribution in [2.45, 2.75) is 31.7 Å². The summed E-state index contributed by atoms with van der Waals surface area (Å²) in [6, 6.07) is 3.23. The van der Waals surface area contributed by atoms with Crippen LogP contribution in [0.15, 0.2) is 27.1 Å². The molecule has 1 aromatic carbocycles. The summed E-state index contributed by atoms with van der Waals surface area (Å²) in [5.74, 6) is 0. The molecule has 1 atom stereocenters. The maximum absolute atomic E-state index is 12.5. The van der Waals surface area contributed by atoms with Gasteiger partial charge in [0.2, 0.25) is 0 Å². The molecule has 19 heavy (non-hydrogen) atoms. The van der Waals surface area contributed by atoms with Crippen LogP contribution in [-0.4, -0.2) is 15.5 Å². The minimum atomic E-state index is -4.38. The molecule has 0 unspecified atom stereocenters. The summed E-state index contributed by atoms with van der Waals surface area (Å²) in [6.45, 7) is 5.30. The Morgan fingerprint density at radius 3 is 2.26 bits per heavy atom. The molecule has 0 saturated carbocycles. The van der Waals surface area contributed by atoms with Crippen molar-refractivity contribution < 1.29 is 17.7 Å². The van der Waals surface area contributed by atoms with Gasteiger partial charge in [-0.15, -0.1) is 0 Å². The summed E-state index contributed by atoms with van der Waals surface area (Å²) >= 11 is 1.61. The van der Waals surface area contributed by atoms with Crippen molar-refractivity contribution in [3.8, 4) is 0 Å². The molecule has 0 bridgehead atoms. The molecule has 7 heteroatoms. The summed E-state index contributed by atoms with van der Waals surface area (Å²) in [4.78, 5) is 0. The van der Waals surface area contributed by atoms with Crippen LogP contribution in [0.4, 0.5) is 13.2 Å². The van der Waals surface area contributed by atoms with Crippen LogP contribution in [-0.2, 0) is 17.5 Å². The number of rotatable bonds is 2. The van der Waals surface area contributed by atoms with E-state index in [1.807, 2.05) is 0 Å². The molecule has 0 saturated heterocycles. The van der Waals surface area contributed by atoms with Crippen LogP contribution in [0, 0.1) is 0 Å². The number of alkyl halides is 3. The first-order chi connectivity index (χ1) is 8.51. The zero-order valence-corrected chi connectivity index (χ0v) is 13.0. The number of halogens is 4. The quantitative estimate of drug-likeness (QED) is 0.573. The van der Waals surface area contributed by atoms with Crippen LogP contribution < -0.4 is 0 Å². The van der Waals surface area contributed by atoms with Crippen LogP contribution in [0.5, 0.6) is 0 Å². The molecule has 0 amide bonds.